The Bertz CT molecular complexity index is 545. The first-order valence-electron chi connectivity index (χ1n) is 6.12. The van der Waals surface area contributed by atoms with Crippen LogP contribution in [0.4, 0.5) is 10.1 Å². The van der Waals surface area contributed by atoms with Crippen molar-refractivity contribution in [2.75, 3.05) is 23.6 Å². The fourth-order valence-corrected chi connectivity index (χ4v) is 4.13. The van der Waals surface area contributed by atoms with Crippen LogP contribution in [-0.4, -0.2) is 27.3 Å². The molecular weight excluding hydrogens is 335 g/mol. The number of rotatable bonds is 4. The van der Waals surface area contributed by atoms with Gasteiger partial charge in [0, 0.05) is 4.47 Å². The molecule has 0 spiro atoms. The van der Waals surface area contributed by atoms with E-state index < -0.39 is 15.8 Å². The molecule has 1 saturated heterocycles. The van der Waals surface area contributed by atoms with E-state index in [2.05, 4.69) is 26.0 Å². The van der Waals surface area contributed by atoms with Crippen LogP contribution in [-0.2, 0) is 10.0 Å². The molecule has 0 amide bonds. The zero-order valence-corrected chi connectivity index (χ0v) is 12.7. The van der Waals surface area contributed by atoms with Crippen molar-refractivity contribution in [2.24, 2.45) is 5.92 Å². The molecule has 0 radical (unpaired) electrons. The third-order valence-corrected chi connectivity index (χ3v) is 5.18. The Morgan fingerprint density at radius 3 is 2.95 bits per heavy atom. The van der Waals surface area contributed by atoms with Gasteiger partial charge in [0.15, 0.2) is 0 Å². The highest BCUT2D eigenvalue weighted by molar-refractivity contribution is 9.10. The summed E-state index contributed by atoms with van der Waals surface area (Å²) in [5.74, 6) is -0.304. The highest BCUT2D eigenvalue weighted by atomic mass is 79.9. The van der Waals surface area contributed by atoms with Gasteiger partial charge in [-0.25, -0.2) is 12.8 Å². The topological polar surface area (TPSA) is 58.2 Å². The molecule has 1 aliphatic heterocycles. The van der Waals surface area contributed by atoms with Crippen LogP contribution in [0, 0.1) is 11.7 Å². The molecule has 1 fully saturated rings. The summed E-state index contributed by atoms with van der Waals surface area (Å²) in [6.45, 7) is 1.66. The predicted octanol–water partition coefficient (Wildman–Crippen LogP) is 2.33. The molecule has 1 atom stereocenters. The first-order valence-corrected chi connectivity index (χ1v) is 8.57. The molecule has 1 heterocycles. The van der Waals surface area contributed by atoms with Crippen molar-refractivity contribution in [2.45, 2.75) is 12.8 Å². The fraction of sp³-hybridized carbons (Fsp3) is 0.500. The number of anilines is 1. The molecule has 1 aromatic carbocycles. The standard InChI is InChI=1S/C12H16BrFN2O2S/c13-11-4-3-10(14)6-12(11)16-19(17,18)8-9-2-1-5-15-7-9/h3-4,6,9,15-16H,1-2,5,7-8H2. The zero-order chi connectivity index (χ0) is 13.9. The van der Waals surface area contributed by atoms with Gasteiger partial charge in [0.05, 0.1) is 11.4 Å². The highest BCUT2D eigenvalue weighted by Crippen LogP contribution is 2.25. The summed E-state index contributed by atoms with van der Waals surface area (Å²) in [6.07, 6.45) is 1.89. The molecule has 0 saturated carbocycles. The monoisotopic (exact) mass is 350 g/mol. The van der Waals surface area contributed by atoms with Crippen LogP contribution >= 0.6 is 15.9 Å². The van der Waals surface area contributed by atoms with Gasteiger partial charge in [-0.15, -0.1) is 0 Å². The predicted molar refractivity (Wildman–Crippen MR) is 77.1 cm³/mol. The molecule has 106 valence electrons. The lowest BCUT2D eigenvalue weighted by Crippen LogP contribution is -2.35. The van der Waals surface area contributed by atoms with Crippen LogP contribution in [0.15, 0.2) is 22.7 Å². The maximum absolute atomic E-state index is 13.1. The third kappa shape index (κ3) is 4.43. The van der Waals surface area contributed by atoms with E-state index >= 15 is 0 Å². The second-order valence-electron chi connectivity index (χ2n) is 4.72. The molecule has 0 aromatic heterocycles. The first-order chi connectivity index (χ1) is 8.96. The van der Waals surface area contributed by atoms with Crippen LogP contribution in [0.25, 0.3) is 0 Å². The minimum Gasteiger partial charge on any atom is -0.316 e. The van der Waals surface area contributed by atoms with E-state index in [1.807, 2.05) is 0 Å². The van der Waals surface area contributed by atoms with Gasteiger partial charge >= 0.3 is 0 Å². The van der Waals surface area contributed by atoms with Crippen LogP contribution in [0.3, 0.4) is 0 Å². The summed E-state index contributed by atoms with van der Waals surface area (Å²) < 4.78 is 40.2. The number of sulfonamides is 1. The number of piperidine rings is 1. The number of halogens is 2. The summed E-state index contributed by atoms with van der Waals surface area (Å²) in [6, 6.07) is 3.92. The molecule has 2 N–H and O–H groups in total. The largest absolute Gasteiger partial charge is 0.316 e. The third-order valence-electron chi connectivity index (χ3n) is 3.05. The smallest absolute Gasteiger partial charge is 0.233 e. The van der Waals surface area contributed by atoms with Crippen molar-refractivity contribution in [1.82, 2.24) is 5.32 Å². The van der Waals surface area contributed by atoms with E-state index in [0.29, 0.717) is 11.0 Å². The molecule has 2 rings (SSSR count). The number of nitrogens with one attached hydrogen (secondary N) is 2. The van der Waals surface area contributed by atoms with E-state index in [-0.39, 0.29) is 17.4 Å². The van der Waals surface area contributed by atoms with Crippen LogP contribution in [0.2, 0.25) is 0 Å². The zero-order valence-electron chi connectivity index (χ0n) is 10.3. The lowest BCUT2D eigenvalue weighted by molar-refractivity contribution is 0.404. The molecule has 4 nitrogen and oxygen atoms in total. The van der Waals surface area contributed by atoms with Crippen LogP contribution in [0.1, 0.15) is 12.8 Å². The van der Waals surface area contributed by atoms with Crippen molar-refractivity contribution >= 4 is 31.6 Å². The minimum atomic E-state index is -3.46. The van der Waals surface area contributed by atoms with Gasteiger partial charge in [0.25, 0.3) is 0 Å². The maximum atomic E-state index is 13.1. The van der Waals surface area contributed by atoms with E-state index in [1.165, 1.54) is 18.2 Å². The summed E-state index contributed by atoms with van der Waals surface area (Å²) in [4.78, 5) is 0. The van der Waals surface area contributed by atoms with E-state index in [1.54, 1.807) is 0 Å². The van der Waals surface area contributed by atoms with Crippen LogP contribution in [0.5, 0.6) is 0 Å². The Morgan fingerprint density at radius 1 is 1.47 bits per heavy atom. The number of benzene rings is 1. The van der Waals surface area contributed by atoms with Gasteiger partial charge in [-0.1, -0.05) is 0 Å². The van der Waals surface area contributed by atoms with Gasteiger partial charge in [-0.2, -0.15) is 0 Å². The van der Waals surface area contributed by atoms with E-state index in [9.17, 15) is 12.8 Å². The lowest BCUT2D eigenvalue weighted by Gasteiger charge is -2.22. The molecular formula is C12H16BrFN2O2S. The Labute approximate surface area is 121 Å². The van der Waals surface area contributed by atoms with Crippen molar-refractivity contribution in [3.8, 4) is 0 Å². The molecule has 1 aliphatic rings. The average Bonchev–Trinajstić information content (AvgIpc) is 2.34. The lowest BCUT2D eigenvalue weighted by atomic mass is 10.0. The van der Waals surface area contributed by atoms with Gasteiger partial charge in [0.2, 0.25) is 10.0 Å². The molecule has 0 bridgehead atoms. The summed E-state index contributed by atoms with van der Waals surface area (Å²) in [5.41, 5.74) is 0.240. The van der Waals surface area contributed by atoms with Crippen molar-refractivity contribution in [1.29, 1.82) is 0 Å². The SMILES string of the molecule is O=S(=O)(CC1CCCNC1)Nc1cc(F)ccc1Br. The normalized spacial score (nSPS) is 20.2. The minimum absolute atomic E-state index is 0.0585. The first kappa shape index (κ1) is 14.7. The van der Waals surface area contributed by atoms with E-state index in [0.717, 1.165) is 19.4 Å². The van der Waals surface area contributed by atoms with Gasteiger partial charge < -0.3 is 5.32 Å². The summed E-state index contributed by atoms with van der Waals surface area (Å²) in [7, 11) is -3.46. The number of hydrogen-bond acceptors (Lipinski definition) is 3. The van der Waals surface area contributed by atoms with Crippen LogP contribution < -0.4 is 10.0 Å². The highest BCUT2D eigenvalue weighted by Gasteiger charge is 2.21. The molecule has 19 heavy (non-hydrogen) atoms. The molecule has 1 unspecified atom stereocenters. The number of hydrogen-bond donors (Lipinski definition) is 2. The summed E-state index contributed by atoms with van der Waals surface area (Å²) in [5, 5.41) is 3.18. The average molecular weight is 351 g/mol. The van der Waals surface area contributed by atoms with Crippen molar-refractivity contribution < 1.29 is 12.8 Å². The van der Waals surface area contributed by atoms with E-state index in [4.69, 9.17) is 0 Å². The molecule has 0 aliphatic carbocycles. The molecule has 1 aromatic rings. The van der Waals surface area contributed by atoms with Crippen molar-refractivity contribution in [3.05, 3.63) is 28.5 Å². The molecule has 7 heteroatoms. The Kier molecular flexibility index (Phi) is 4.81. The Balaban J connectivity index is 2.05. The fourth-order valence-electron chi connectivity index (χ4n) is 2.16. The quantitative estimate of drug-likeness (QED) is 0.876. The van der Waals surface area contributed by atoms with Gasteiger partial charge in [-0.05, 0) is 66.0 Å². The Morgan fingerprint density at radius 2 is 2.26 bits per heavy atom. The van der Waals surface area contributed by atoms with Gasteiger partial charge in [0.1, 0.15) is 5.82 Å². The second-order valence-corrected chi connectivity index (χ2v) is 7.34. The maximum Gasteiger partial charge on any atom is 0.233 e. The second kappa shape index (κ2) is 6.19. The summed E-state index contributed by atoms with van der Waals surface area (Å²) >= 11 is 3.20. The Hall–Kier alpha value is -0.660. The van der Waals surface area contributed by atoms with Gasteiger partial charge in [-0.3, -0.25) is 4.72 Å². The van der Waals surface area contributed by atoms with Crippen molar-refractivity contribution in [3.63, 3.8) is 0 Å².